The number of nitriles is 1. The highest BCUT2D eigenvalue weighted by Crippen LogP contribution is 2.38. The Balaban J connectivity index is 1.98. The molecule has 1 aliphatic rings. The van der Waals surface area contributed by atoms with Gasteiger partial charge < -0.3 is 4.90 Å². The highest BCUT2D eigenvalue weighted by Gasteiger charge is 2.26. The molecule has 1 unspecified atom stereocenters. The lowest BCUT2D eigenvalue weighted by Crippen LogP contribution is -2.34. The highest BCUT2D eigenvalue weighted by atomic mass is 35.5. The zero-order valence-corrected chi connectivity index (χ0v) is 13.0. The minimum absolute atomic E-state index is 0.166. The van der Waals surface area contributed by atoms with Crippen molar-refractivity contribution in [3.8, 4) is 6.07 Å². The van der Waals surface area contributed by atoms with Gasteiger partial charge in [0.1, 0.15) is 11.8 Å². The SMILES string of the molecule is CC1c2cc(Cl)cc(Cl)c2CCN1c1ccc(C#N)nc1. The van der Waals surface area contributed by atoms with Crippen LogP contribution in [0.1, 0.15) is 29.8 Å². The minimum atomic E-state index is 0.166. The Labute approximate surface area is 133 Å². The lowest BCUT2D eigenvalue weighted by atomic mass is 9.93. The summed E-state index contributed by atoms with van der Waals surface area (Å²) in [5.74, 6) is 0. The number of halogens is 2. The number of hydrogen-bond acceptors (Lipinski definition) is 3. The summed E-state index contributed by atoms with van der Waals surface area (Å²) in [4.78, 5) is 6.40. The molecule has 0 amide bonds. The van der Waals surface area contributed by atoms with Crippen molar-refractivity contribution in [3.63, 3.8) is 0 Å². The van der Waals surface area contributed by atoms with Gasteiger partial charge in [0, 0.05) is 16.6 Å². The van der Waals surface area contributed by atoms with Crippen molar-refractivity contribution in [2.45, 2.75) is 19.4 Å². The van der Waals surface area contributed by atoms with E-state index in [4.69, 9.17) is 28.5 Å². The number of benzene rings is 1. The Kier molecular flexibility index (Phi) is 3.75. The van der Waals surface area contributed by atoms with Crippen LogP contribution in [0.15, 0.2) is 30.5 Å². The summed E-state index contributed by atoms with van der Waals surface area (Å²) in [5, 5.41) is 10.2. The van der Waals surface area contributed by atoms with Crippen LogP contribution in [0.4, 0.5) is 5.69 Å². The highest BCUT2D eigenvalue weighted by molar-refractivity contribution is 6.35. The number of nitrogens with zero attached hydrogens (tertiary/aromatic N) is 3. The third kappa shape index (κ3) is 2.57. The maximum absolute atomic E-state index is 8.83. The summed E-state index contributed by atoms with van der Waals surface area (Å²) in [6.45, 7) is 2.99. The van der Waals surface area contributed by atoms with E-state index in [2.05, 4.69) is 16.8 Å². The first kappa shape index (κ1) is 14.2. The van der Waals surface area contributed by atoms with Gasteiger partial charge in [-0.05, 0) is 48.7 Å². The Morgan fingerprint density at radius 2 is 2.14 bits per heavy atom. The molecule has 3 nitrogen and oxygen atoms in total. The largest absolute Gasteiger partial charge is 0.363 e. The number of hydrogen-bond donors (Lipinski definition) is 0. The predicted octanol–water partition coefficient (Wildman–Crippen LogP) is 4.38. The predicted molar refractivity (Wildman–Crippen MR) is 84.9 cm³/mol. The average Bonchev–Trinajstić information content (AvgIpc) is 2.48. The monoisotopic (exact) mass is 317 g/mol. The van der Waals surface area contributed by atoms with E-state index in [0.29, 0.717) is 10.7 Å². The van der Waals surface area contributed by atoms with Gasteiger partial charge in [-0.3, -0.25) is 0 Å². The van der Waals surface area contributed by atoms with E-state index in [-0.39, 0.29) is 6.04 Å². The van der Waals surface area contributed by atoms with E-state index in [1.165, 1.54) is 5.56 Å². The van der Waals surface area contributed by atoms with Crippen LogP contribution in [-0.2, 0) is 6.42 Å². The van der Waals surface area contributed by atoms with Crippen LogP contribution in [0.5, 0.6) is 0 Å². The topological polar surface area (TPSA) is 39.9 Å². The van der Waals surface area contributed by atoms with Crippen LogP contribution >= 0.6 is 23.2 Å². The van der Waals surface area contributed by atoms with Gasteiger partial charge in [0.2, 0.25) is 0 Å². The zero-order chi connectivity index (χ0) is 15.0. The molecular formula is C16H13Cl2N3. The fourth-order valence-corrected chi connectivity index (χ4v) is 3.43. The number of pyridine rings is 1. The summed E-state index contributed by atoms with van der Waals surface area (Å²) in [6, 6.07) is 9.65. The van der Waals surface area contributed by atoms with Crippen LogP contribution in [0.2, 0.25) is 10.0 Å². The second-order valence-corrected chi connectivity index (χ2v) is 5.93. The lowest BCUT2D eigenvalue weighted by molar-refractivity contribution is 0.624. The van der Waals surface area contributed by atoms with Gasteiger partial charge in [-0.2, -0.15) is 5.26 Å². The molecule has 0 radical (unpaired) electrons. The van der Waals surface area contributed by atoms with Crippen molar-refractivity contribution in [1.29, 1.82) is 5.26 Å². The van der Waals surface area contributed by atoms with Gasteiger partial charge in [-0.1, -0.05) is 23.2 Å². The van der Waals surface area contributed by atoms with Crippen molar-refractivity contribution < 1.29 is 0 Å². The molecule has 2 heterocycles. The third-order valence-corrected chi connectivity index (χ3v) is 4.46. The molecule has 21 heavy (non-hydrogen) atoms. The quantitative estimate of drug-likeness (QED) is 0.783. The molecule has 0 N–H and O–H groups in total. The molecule has 1 atom stereocenters. The van der Waals surface area contributed by atoms with Gasteiger partial charge in [-0.15, -0.1) is 0 Å². The van der Waals surface area contributed by atoms with Crippen molar-refractivity contribution in [1.82, 2.24) is 4.98 Å². The first-order valence-electron chi connectivity index (χ1n) is 6.71. The zero-order valence-electron chi connectivity index (χ0n) is 11.5. The third-order valence-electron chi connectivity index (χ3n) is 3.91. The first-order chi connectivity index (χ1) is 10.1. The molecule has 1 aromatic carbocycles. The van der Waals surface area contributed by atoms with Crippen LogP contribution in [-0.4, -0.2) is 11.5 Å². The maximum atomic E-state index is 8.83. The summed E-state index contributed by atoms with van der Waals surface area (Å²) >= 11 is 12.4. The molecule has 5 heteroatoms. The maximum Gasteiger partial charge on any atom is 0.140 e. The van der Waals surface area contributed by atoms with E-state index in [0.717, 1.165) is 29.2 Å². The molecule has 0 aliphatic carbocycles. The molecule has 0 bridgehead atoms. The van der Waals surface area contributed by atoms with Gasteiger partial charge in [-0.25, -0.2) is 4.98 Å². The van der Waals surface area contributed by atoms with E-state index >= 15 is 0 Å². The summed E-state index contributed by atoms with van der Waals surface area (Å²) in [5.41, 5.74) is 3.76. The second-order valence-electron chi connectivity index (χ2n) is 5.09. The summed E-state index contributed by atoms with van der Waals surface area (Å²) in [6.07, 6.45) is 2.61. The molecule has 1 aromatic heterocycles. The smallest absolute Gasteiger partial charge is 0.140 e. The molecule has 2 aromatic rings. The fraction of sp³-hybridized carbons (Fsp3) is 0.250. The number of aromatic nitrogens is 1. The Bertz CT molecular complexity index is 720. The van der Waals surface area contributed by atoms with Crippen LogP contribution < -0.4 is 4.90 Å². The van der Waals surface area contributed by atoms with Gasteiger partial charge >= 0.3 is 0 Å². The molecule has 1 aliphatic heterocycles. The van der Waals surface area contributed by atoms with E-state index in [9.17, 15) is 0 Å². The molecule has 0 fully saturated rings. The van der Waals surface area contributed by atoms with Gasteiger partial charge in [0.05, 0.1) is 17.9 Å². The molecule has 0 saturated carbocycles. The number of rotatable bonds is 1. The van der Waals surface area contributed by atoms with Crippen LogP contribution in [0.3, 0.4) is 0 Å². The van der Waals surface area contributed by atoms with Gasteiger partial charge in [0.15, 0.2) is 0 Å². The van der Waals surface area contributed by atoms with Crippen molar-refractivity contribution in [2.24, 2.45) is 0 Å². The second kappa shape index (κ2) is 5.55. The molecule has 3 rings (SSSR count). The Hall–Kier alpha value is -1.76. The number of fused-ring (bicyclic) bond motifs is 1. The fourth-order valence-electron chi connectivity index (χ4n) is 2.83. The standard InChI is InChI=1S/C16H13Cl2N3/c1-10-15-6-11(17)7-16(18)14(15)4-5-21(10)13-3-2-12(8-19)20-9-13/h2-3,6-7,9-10H,4-5H2,1H3. The van der Waals surface area contributed by atoms with Crippen LogP contribution in [0, 0.1) is 11.3 Å². The van der Waals surface area contributed by atoms with Gasteiger partial charge in [0.25, 0.3) is 0 Å². The molecule has 0 spiro atoms. The van der Waals surface area contributed by atoms with E-state index in [1.54, 1.807) is 18.3 Å². The summed E-state index contributed by atoms with van der Waals surface area (Å²) in [7, 11) is 0. The normalized spacial score (nSPS) is 17.2. The van der Waals surface area contributed by atoms with Crippen molar-refractivity contribution >= 4 is 28.9 Å². The Morgan fingerprint density at radius 3 is 2.81 bits per heavy atom. The Morgan fingerprint density at radius 1 is 1.33 bits per heavy atom. The molecule has 106 valence electrons. The molecule has 0 saturated heterocycles. The number of anilines is 1. The van der Waals surface area contributed by atoms with E-state index < -0.39 is 0 Å². The minimum Gasteiger partial charge on any atom is -0.363 e. The summed E-state index contributed by atoms with van der Waals surface area (Å²) < 4.78 is 0. The van der Waals surface area contributed by atoms with Crippen LogP contribution in [0.25, 0.3) is 0 Å². The average molecular weight is 318 g/mol. The van der Waals surface area contributed by atoms with E-state index in [1.807, 2.05) is 18.2 Å². The van der Waals surface area contributed by atoms with Crippen molar-refractivity contribution in [2.75, 3.05) is 11.4 Å². The van der Waals surface area contributed by atoms with Crippen molar-refractivity contribution in [3.05, 3.63) is 57.3 Å². The first-order valence-corrected chi connectivity index (χ1v) is 7.46. The lowest BCUT2D eigenvalue weighted by Gasteiger charge is -2.37. The molecular weight excluding hydrogens is 305 g/mol.